The number of aryl methyl sites for hydroxylation is 2. The molecule has 1 rings (SSSR count). The van der Waals surface area contributed by atoms with E-state index in [-0.39, 0.29) is 12.0 Å². The lowest BCUT2D eigenvalue weighted by atomic mass is 10.0. The van der Waals surface area contributed by atoms with E-state index in [0.29, 0.717) is 11.4 Å². The van der Waals surface area contributed by atoms with E-state index >= 15 is 0 Å². The van der Waals surface area contributed by atoms with Crippen LogP contribution in [-0.4, -0.2) is 19.6 Å². The molecule has 1 atom stereocenters. The molecule has 0 bridgehead atoms. The van der Waals surface area contributed by atoms with E-state index in [1.807, 2.05) is 26.0 Å². The smallest absolute Gasteiger partial charge is 0.261 e. The van der Waals surface area contributed by atoms with E-state index < -0.39 is 13.0 Å². The fraction of sp³-hybridized carbons (Fsp3) is 0.538. The van der Waals surface area contributed by atoms with E-state index in [9.17, 15) is 8.78 Å². The maximum absolute atomic E-state index is 11.9. The summed E-state index contributed by atoms with van der Waals surface area (Å²) in [6.07, 6.45) is -1.99. The van der Waals surface area contributed by atoms with Gasteiger partial charge in [-0.2, -0.15) is 0 Å². The summed E-state index contributed by atoms with van der Waals surface area (Å²) in [5.74, 6) is 0. The van der Waals surface area contributed by atoms with E-state index in [1.165, 1.54) is 0 Å². The van der Waals surface area contributed by atoms with Crippen LogP contribution in [0.2, 0.25) is 5.02 Å². The molecule has 0 saturated carbocycles. The average molecular weight is 297 g/mol. The Morgan fingerprint density at radius 3 is 2.44 bits per heavy atom. The first-order valence-corrected chi connectivity index (χ1v) is 6.50. The zero-order valence-corrected chi connectivity index (χ0v) is 11.9. The summed E-state index contributed by atoms with van der Waals surface area (Å²) in [5.41, 5.74) is 3.03. The summed E-state index contributed by atoms with van der Waals surface area (Å²) >= 11 is 12.3. The lowest BCUT2D eigenvalue weighted by molar-refractivity contribution is 0.0165. The predicted molar refractivity (Wildman–Crippen MR) is 71.0 cm³/mol. The maximum atomic E-state index is 11.9. The van der Waals surface area contributed by atoms with Crippen molar-refractivity contribution in [2.24, 2.45) is 0 Å². The molecule has 0 heterocycles. The Kier molecular flexibility index (Phi) is 6.33. The minimum atomic E-state index is -2.44. The van der Waals surface area contributed by atoms with Crippen LogP contribution in [-0.2, 0) is 4.74 Å². The van der Waals surface area contributed by atoms with Gasteiger partial charge in [0.1, 0.15) is 6.61 Å². The van der Waals surface area contributed by atoms with Gasteiger partial charge in [-0.15, -0.1) is 11.6 Å². The molecule has 1 unspecified atom stereocenters. The van der Waals surface area contributed by atoms with Gasteiger partial charge in [-0.25, -0.2) is 8.78 Å². The van der Waals surface area contributed by atoms with Crippen molar-refractivity contribution in [1.82, 2.24) is 0 Å². The highest BCUT2D eigenvalue weighted by Crippen LogP contribution is 2.32. The second kappa shape index (κ2) is 7.27. The van der Waals surface area contributed by atoms with Crippen LogP contribution < -0.4 is 0 Å². The second-order valence-electron chi connectivity index (χ2n) is 4.18. The number of hydrogen-bond acceptors (Lipinski definition) is 1. The van der Waals surface area contributed by atoms with Crippen LogP contribution >= 0.6 is 23.2 Å². The minimum absolute atomic E-state index is 0.196. The fourth-order valence-electron chi connectivity index (χ4n) is 1.56. The Morgan fingerprint density at radius 2 is 1.83 bits per heavy atom. The Hall–Kier alpha value is -0.380. The topological polar surface area (TPSA) is 9.23 Å². The number of alkyl halides is 3. The van der Waals surface area contributed by atoms with Crippen molar-refractivity contribution in [2.75, 3.05) is 13.2 Å². The van der Waals surface area contributed by atoms with Gasteiger partial charge < -0.3 is 4.74 Å². The molecule has 5 heteroatoms. The van der Waals surface area contributed by atoms with Crippen molar-refractivity contribution in [3.8, 4) is 0 Å². The highest BCUT2D eigenvalue weighted by Gasteiger charge is 2.13. The Bertz CT molecular complexity index is 397. The fourth-order valence-corrected chi connectivity index (χ4v) is 2.23. The van der Waals surface area contributed by atoms with Gasteiger partial charge in [0.15, 0.2) is 0 Å². The van der Waals surface area contributed by atoms with E-state index in [1.54, 1.807) is 0 Å². The summed E-state index contributed by atoms with van der Waals surface area (Å²) < 4.78 is 28.5. The van der Waals surface area contributed by atoms with E-state index in [4.69, 9.17) is 27.9 Å². The van der Waals surface area contributed by atoms with Gasteiger partial charge in [0.2, 0.25) is 0 Å². The van der Waals surface area contributed by atoms with Crippen LogP contribution in [0, 0.1) is 13.8 Å². The number of hydrogen-bond donors (Lipinski definition) is 0. The lowest BCUT2D eigenvalue weighted by Crippen LogP contribution is -2.07. The lowest BCUT2D eigenvalue weighted by Gasteiger charge is -2.14. The van der Waals surface area contributed by atoms with E-state index in [0.717, 1.165) is 16.7 Å². The molecule has 0 radical (unpaired) electrons. The van der Waals surface area contributed by atoms with Gasteiger partial charge in [-0.3, -0.25) is 0 Å². The van der Waals surface area contributed by atoms with Gasteiger partial charge in [0.25, 0.3) is 6.43 Å². The van der Waals surface area contributed by atoms with Crippen LogP contribution in [0.25, 0.3) is 0 Å². The Labute approximate surface area is 116 Å². The van der Waals surface area contributed by atoms with Gasteiger partial charge >= 0.3 is 0 Å². The first-order chi connectivity index (χ1) is 8.41. The van der Waals surface area contributed by atoms with Crippen LogP contribution in [0.1, 0.15) is 28.5 Å². The van der Waals surface area contributed by atoms with Crippen LogP contribution in [0.4, 0.5) is 8.78 Å². The molecule has 102 valence electrons. The Balaban J connectivity index is 2.56. The summed E-state index contributed by atoms with van der Waals surface area (Å²) in [7, 11) is 0. The number of halogens is 4. The molecule has 0 spiro atoms. The number of ether oxygens (including phenoxy) is 1. The van der Waals surface area contributed by atoms with Crippen molar-refractivity contribution in [3.05, 3.63) is 33.8 Å². The Morgan fingerprint density at radius 1 is 1.22 bits per heavy atom. The van der Waals surface area contributed by atoms with Crippen LogP contribution in [0.5, 0.6) is 0 Å². The van der Waals surface area contributed by atoms with Gasteiger partial charge in [-0.1, -0.05) is 17.7 Å². The van der Waals surface area contributed by atoms with Crippen molar-refractivity contribution in [1.29, 1.82) is 0 Å². The molecule has 0 saturated heterocycles. The molecule has 1 nitrogen and oxygen atoms in total. The third-order valence-corrected chi connectivity index (χ3v) is 3.49. The third-order valence-electron chi connectivity index (χ3n) is 2.71. The standard InChI is InChI=1S/C13H16Cl2F2O/c1-8-5-10(12(15)6-9(8)2)11(14)3-4-18-7-13(16)17/h5-6,11,13H,3-4,7H2,1-2H3. The molecule has 1 aromatic carbocycles. The molecule has 0 aromatic heterocycles. The quantitative estimate of drug-likeness (QED) is 0.535. The summed E-state index contributed by atoms with van der Waals surface area (Å²) in [5, 5.41) is 0.279. The molecular weight excluding hydrogens is 281 g/mol. The highest BCUT2D eigenvalue weighted by atomic mass is 35.5. The molecule has 0 aliphatic heterocycles. The summed E-state index contributed by atoms with van der Waals surface area (Å²) in [6.45, 7) is 3.60. The predicted octanol–water partition coefficient (Wildman–Crippen LogP) is 4.91. The summed E-state index contributed by atoms with van der Waals surface area (Å²) in [4.78, 5) is 0. The third kappa shape index (κ3) is 4.71. The summed E-state index contributed by atoms with van der Waals surface area (Å²) in [6, 6.07) is 3.80. The normalized spacial score (nSPS) is 13.1. The van der Waals surface area contributed by atoms with Crippen LogP contribution in [0.3, 0.4) is 0 Å². The number of benzene rings is 1. The van der Waals surface area contributed by atoms with Crippen LogP contribution in [0.15, 0.2) is 12.1 Å². The number of rotatable bonds is 6. The molecule has 1 aromatic rings. The molecule has 0 amide bonds. The van der Waals surface area contributed by atoms with Crippen molar-refractivity contribution < 1.29 is 13.5 Å². The zero-order valence-electron chi connectivity index (χ0n) is 10.4. The van der Waals surface area contributed by atoms with Gasteiger partial charge in [0.05, 0.1) is 5.38 Å². The average Bonchev–Trinajstić information content (AvgIpc) is 2.28. The van der Waals surface area contributed by atoms with E-state index in [2.05, 4.69) is 0 Å². The zero-order chi connectivity index (χ0) is 13.7. The van der Waals surface area contributed by atoms with Crippen molar-refractivity contribution in [2.45, 2.75) is 32.1 Å². The van der Waals surface area contributed by atoms with Gasteiger partial charge in [-0.05, 0) is 43.0 Å². The molecule has 18 heavy (non-hydrogen) atoms. The maximum Gasteiger partial charge on any atom is 0.261 e. The van der Waals surface area contributed by atoms with Crippen molar-refractivity contribution in [3.63, 3.8) is 0 Å². The van der Waals surface area contributed by atoms with Gasteiger partial charge in [0, 0.05) is 11.6 Å². The second-order valence-corrected chi connectivity index (χ2v) is 5.11. The van der Waals surface area contributed by atoms with Crippen molar-refractivity contribution >= 4 is 23.2 Å². The monoisotopic (exact) mass is 296 g/mol. The molecule has 0 N–H and O–H groups in total. The minimum Gasteiger partial charge on any atom is -0.375 e. The molecule has 0 aliphatic carbocycles. The molecular formula is C13H16Cl2F2O. The first kappa shape index (κ1) is 15.7. The molecule has 0 aliphatic rings. The highest BCUT2D eigenvalue weighted by molar-refractivity contribution is 6.32. The SMILES string of the molecule is Cc1cc(Cl)c(C(Cl)CCOCC(F)F)cc1C. The first-order valence-electron chi connectivity index (χ1n) is 5.68. The molecule has 0 fully saturated rings. The largest absolute Gasteiger partial charge is 0.375 e.